The average Bonchev–Trinajstić information content (AvgIpc) is 2.26. The molecule has 0 aromatic heterocycles. The van der Waals surface area contributed by atoms with E-state index in [1.807, 2.05) is 6.92 Å². The molecule has 0 bridgehead atoms. The lowest BCUT2D eigenvalue weighted by Gasteiger charge is -2.23. The third-order valence-corrected chi connectivity index (χ3v) is 4.09. The zero-order valence-corrected chi connectivity index (χ0v) is 10.1. The molecule has 4 nitrogen and oxygen atoms in total. The van der Waals surface area contributed by atoms with Gasteiger partial charge < -0.3 is 10.1 Å². The van der Waals surface area contributed by atoms with Gasteiger partial charge in [0.1, 0.15) is 0 Å². The third-order valence-electron chi connectivity index (χ3n) is 2.70. The highest BCUT2D eigenvalue weighted by molar-refractivity contribution is 7.85. The van der Waals surface area contributed by atoms with Gasteiger partial charge in [-0.1, -0.05) is 6.92 Å². The van der Waals surface area contributed by atoms with Crippen molar-refractivity contribution in [2.75, 3.05) is 25.2 Å². The Morgan fingerprint density at radius 2 is 2.13 bits per heavy atom. The molecule has 0 amide bonds. The van der Waals surface area contributed by atoms with Crippen LogP contribution in [0, 0.1) is 5.92 Å². The van der Waals surface area contributed by atoms with Gasteiger partial charge in [0.15, 0.2) is 0 Å². The summed E-state index contributed by atoms with van der Waals surface area (Å²) in [6, 6.07) is 0.412. The van der Waals surface area contributed by atoms with E-state index in [2.05, 4.69) is 10.1 Å². The van der Waals surface area contributed by atoms with Crippen LogP contribution in [-0.2, 0) is 20.3 Å². The zero-order chi connectivity index (χ0) is 11.3. The van der Waals surface area contributed by atoms with Crippen molar-refractivity contribution < 1.29 is 13.7 Å². The van der Waals surface area contributed by atoms with Crippen LogP contribution < -0.4 is 5.32 Å². The number of nitrogens with one attached hydrogen (secondary N) is 1. The van der Waals surface area contributed by atoms with Gasteiger partial charge in [0, 0.05) is 34.9 Å². The Labute approximate surface area is 93.2 Å². The molecule has 0 aromatic rings. The molecular formula is C10H19NO3S. The number of carbonyl (C=O) groups is 1. The van der Waals surface area contributed by atoms with Crippen molar-refractivity contribution in [3.8, 4) is 0 Å². The molecule has 0 aliphatic carbocycles. The van der Waals surface area contributed by atoms with E-state index in [1.165, 1.54) is 7.11 Å². The van der Waals surface area contributed by atoms with Crippen LogP contribution in [0.2, 0.25) is 0 Å². The summed E-state index contributed by atoms with van der Waals surface area (Å²) in [6.07, 6.45) is 1.89. The minimum atomic E-state index is -0.617. The maximum Gasteiger partial charge on any atom is 0.309 e. The first-order chi connectivity index (χ1) is 7.13. The monoisotopic (exact) mass is 233 g/mol. The Balaban J connectivity index is 2.19. The van der Waals surface area contributed by atoms with E-state index in [-0.39, 0.29) is 11.9 Å². The summed E-state index contributed by atoms with van der Waals surface area (Å²) in [7, 11) is 0.788. The molecule has 1 unspecified atom stereocenters. The van der Waals surface area contributed by atoms with Crippen LogP contribution in [0.1, 0.15) is 19.8 Å². The van der Waals surface area contributed by atoms with Crippen molar-refractivity contribution in [1.29, 1.82) is 0 Å². The fraction of sp³-hybridized carbons (Fsp3) is 0.900. The Bertz CT molecular complexity index is 235. The van der Waals surface area contributed by atoms with E-state index in [0.29, 0.717) is 12.6 Å². The van der Waals surface area contributed by atoms with Gasteiger partial charge in [0.25, 0.3) is 0 Å². The fourth-order valence-electron chi connectivity index (χ4n) is 1.63. The second-order valence-corrected chi connectivity index (χ2v) is 5.65. The van der Waals surface area contributed by atoms with Crippen molar-refractivity contribution in [3.05, 3.63) is 0 Å². The number of carbonyl (C=O) groups excluding carboxylic acids is 1. The van der Waals surface area contributed by atoms with Crippen LogP contribution in [0.25, 0.3) is 0 Å². The van der Waals surface area contributed by atoms with Gasteiger partial charge in [-0.3, -0.25) is 9.00 Å². The van der Waals surface area contributed by atoms with Crippen LogP contribution in [0.5, 0.6) is 0 Å². The molecule has 0 aromatic carbocycles. The summed E-state index contributed by atoms with van der Waals surface area (Å²) in [5, 5.41) is 3.32. The molecule has 1 fully saturated rings. The number of rotatable bonds is 4. The van der Waals surface area contributed by atoms with Gasteiger partial charge in [-0.05, 0) is 12.8 Å². The molecule has 1 aliphatic heterocycles. The Morgan fingerprint density at radius 1 is 1.53 bits per heavy atom. The normalized spacial score (nSPS) is 28.4. The minimum Gasteiger partial charge on any atom is -0.469 e. The lowest BCUT2D eigenvalue weighted by atomic mass is 10.1. The van der Waals surface area contributed by atoms with E-state index in [1.54, 1.807) is 0 Å². The van der Waals surface area contributed by atoms with Gasteiger partial charge in [-0.15, -0.1) is 0 Å². The highest BCUT2D eigenvalue weighted by Gasteiger charge is 2.19. The van der Waals surface area contributed by atoms with E-state index in [9.17, 15) is 9.00 Å². The molecule has 0 spiro atoms. The lowest BCUT2D eigenvalue weighted by Crippen LogP contribution is -2.39. The van der Waals surface area contributed by atoms with E-state index in [4.69, 9.17) is 0 Å². The minimum absolute atomic E-state index is 0.109. The molecule has 1 heterocycles. The molecule has 1 aliphatic rings. The van der Waals surface area contributed by atoms with E-state index >= 15 is 0 Å². The number of hydrogen-bond acceptors (Lipinski definition) is 4. The van der Waals surface area contributed by atoms with E-state index < -0.39 is 10.8 Å². The standard InChI is InChI=1S/C10H19NO3S/c1-8(10(12)14-2)7-11-9-3-5-15(13)6-4-9/h8-9,11H,3-7H2,1-2H3. The summed E-state index contributed by atoms with van der Waals surface area (Å²) in [4.78, 5) is 11.1. The molecule has 1 saturated heterocycles. The maximum atomic E-state index is 11.1. The van der Waals surface area contributed by atoms with Crippen molar-refractivity contribution in [2.24, 2.45) is 5.92 Å². The molecule has 1 atom stereocenters. The van der Waals surface area contributed by atoms with Crippen molar-refractivity contribution in [1.82, 2.24) is 5.32 Å². The van der Waals surface area contributed by atoms with Crippen LogP contribution in [0.4, 0.5) is 0 Å². The predicted octanol–water partition coefficient (Wildman–Crippen LogP) is 0.296. The Hall–Kier alpha value is -0.420. The quantitative estimate of drug-likeness (QED) is 0.709. The number of ether oxygens (including phenoxy) is 1. The maximum absolute atomic E-state index is 11.1. The molecule has 0 radical (unpaired) electrons. The lowest BCUT2D eigenvalue weighted by molar-refractivity contribution is -0.144. The SMILES string of the molecule is COC(=O)C(C)CNC1CCS(=O)CC1. The van der Waals surface area contributed by atoms with Gasteiger partial charge in [-0.25, -0.2) is 0 Å². The van der Waals surface area contributed by atoms with Crippen LogP contribution >= 0.6 is 0 Å². The van der Waals surface area contributed by atoms with Crippen LogP contribution in [0.15, 0.2) is 0 Å². The Morgan fingerprint density at radius 3 is 2.67 bits per heavy atom. The van der Waals surface area contributed by atoms with Gasteiger partial charge in [0.05, 0.1) is 13.0 Å². The van der Waals surface area contributed by atoms with Gasteiger partial charge in [0.2, 0.25) is 0 Å². The average molecular weight is 233 g/mol. The Kier molecular flexibility index (Phi) is 5.25. The highest BCUT2D eigenvalue weighted by atomic mass is 32.2. The molecule has 5 heteroatoms. The summed E-state index contributed by atoms with van der Waals surface area (Å²) < 4.78 is 15.8. The second-order valence-electron chi connectivity index (χ2n) is 3.95. The van der Waals surface area contributed by atoms with Crippen LogP contribution in [-0.4, -0.2) is 41.4 Å². The highest BCUT2D eigenvalue weighted by Crippen LogP contribution is 2.09. The largest absolute Gasteiger partial charge is 0.469 e. The smallest absolute Gasteiger partial charge is 0.309 e. The zero-order valence-electron chi connectivity index (χ0n) is 9.32. The summed E-state index contributed by atoms with van der Waals surface area (Å²) in [5.74, 6) is 1.28. The summed E-state index contributed by atoms with van der Waals surface area (Å²) >= 11 is 0. The summed E-state index contributed by atoms with van der Waals surface area (Å²) in [5.41, 5.74) is 0. The third kappa shape index (κ3) is 4.30. The van der Waals surface area contributed by atoms with Crippen molar-refractivity contribution in [3.63, 3.8) is 0 Å². The first-order valence-electron chi connectivity index (χ1n) is 5.29. The number of hydrogen-bond donors (Lipinski definition) is 1. The molecule has 1 rings (SSSR count). The molecule has 1 N–H and O–H groups in total. The van der Waals surface area contributed by atoms with Crippen molar-refractivity contribution in [2.45, 2.75) is 25.8 Å². The number of methoxy groups -OCH3 is 1. The van der Waals surface area contributed by atoms with Crippen molar-refractivity contribution >= 4 is 16.8 Å². The first kappa shape index (κ1) is 12.6. The molecular weight excluding hydrogens is 214 g/mol. The molecule has 15 heavy (non-hydrogen) atoms. The second kappa shape index (κ2) is 6.23. The van der Waals surface area contributed by atoms with Gasteiger partial charge >= 0.3 is 5.97 Å². The van der Waals surface area contributed by atoms with Crippen LogP contribution in [0.3, 0.4) is 0 Å². The number of esters is 1. The van der Waals surface area contributed by atoms with Gasteiger partial charge in [-0.2, -0.15) is 0 Å². The topological polar surface area (TPSA) is 55.4 Å². The fourth-order valence-corrected chi connectivity index (χ4v) is 2.92. The predicted molar refractivity (Wildman–Crippen MR) is 60.1 cm³/mol. The van der Waals surface area contributed by atoms with E-state index in [0.717, 1.165) is 24.3 Å². The molecule has 0 saturated carbocycles. The molecule has 88 valence electrons. The summed E-state index contributed by atoms with van der Waals surface area (Å²) in [6.45, 7) is 2.49. The first-order valence-corrected chi connectivity index (χ1v) is 6.78.